The SMILES string of the molecule is Cc1ccccc1C(NC(=O)CC(N)c1ccccc1)C(C)C.Cl. The minimum Gasteiger partial charge on any atom is -0.349 e. The molecule has 0 aromatic heterocycles. The largest absolute Gasteiger partial charge is 0.349 e. The number of halogens is 1. The van der Waals surface area contributed by atoms with E-state index < -0.39 is 0 Å². The van der Waals surface area contributed by atoms with Crippen LogP contribution in [-0.4, -0.2) is 5.91 Å². The Morgan fingerprint density at radius 3 is 2.21 bits per heavy atom. The molecular formula is C20H27ClN2O. The lowest BCUT2D eigenvalue weighted by Gasteiger charge is -2.25. The molecular weight excluding hydrogens is 320 g/mol. The molecule has 24 heavy (non-hydrogen) atoms. The van der Waals surface area contributed by atoms with Gasteiger partial charge in [0.05, 0.1) is 6.04 Å². The van der Waals surface area contributed by atoms with Crippen LogP contribution in [0.1, 0.15) is 49.0 Å². The first-order valence-corrected chi connectivity index (χ1v) is 8.14. The Morgan fingerprint density at radius 2 is 1.62 bits per heavy atom. The summed E-state index contributed by atoms with van der Waals surface area (Å²) in [5, 5.41) is 3.16. The van der Waals surface area contributed by atoms with Gasteiger partial charge in [-0.05, 0) is 29.5 Å². The van der Waals surface area contributed by atoms with Gasteiger partial charge in [0.2, 0.25) is 5.91 Å². The van der Waals surface area contributed by atoms with Gasteiger partial charge in [-0.3, -0.25) is 4.79 Å². The van der Waals surface area contributed by atoms with E-state index in [0.717, 1.165) is 5.56 Å². The number of nitrogens with two attached hydrogens (primary N) is 1. The summed E-state index contributed by atoms with van der Waals surface area (Å²) in [7, 11) is 0. The minimum absolute atomic E-state index is 0. The van der Waals surface area contributed by atoms with Crippen LogP contribution in [0.3, 0.4) is 0 Å². The summed E-state index contributed by atoms with van der Waals surface area (Å²) in [6, 6.07) is 17.7. The van der Waals surface area contributed by atoms with Crippen LogP contribution >= 0.6 is 12.4 Å². The zero-order valence-corrected chi connectivity index (χ0v) is 15.3. The summed E-state index contributed by atoms with van der Waals surface area (Å²) in [5.74, 6) is 0.302. The fraction of sp³-hybridized carbons (Fsp3) is 0.350. The Morgan fingerprint density at radius 1 is 1.04 bits per heavy atom. The molecule has 3 nitrogen and oxygen atoms in total. The molecule has 0 aliphatic heterocycles. The van der Waals surface area contributed by atoms with Crippen molar-refractivity contribution in [2.24, 2.45) is 11.7 Å². The average Bonchev–Trinajstić information content (AvgIpc) is 2.54. The molecule has 2 aromatic rings. The standard InChI is InChI=1S/C20H26N2O.ClH/c1-14(2)20(17-12-8-7-9-15(17)3)22-19(23)13-18(21)16-10-5-4-6-11-16;/h4-12,14,18,20H,13,21H2,1-3H3,(H,22,23);1H. The molecule has 130 valence electrons. The van der Waals surface area contributed by atoms with E-state index in [0.29, 0.717) is 12.3 Å². The molecule has 0 heterocycles. The number of rotatable bonds is 6. The maximum Gasteiger partial charge on any atom is 0.222 e. The molecule has 2 aromatic carbocycles. The van der Waals surface area contributed by atoms with Gasteiger partial charge in [0.25, 0.3) is 0 Å². The second kappa shape index (κ2) is 9.45. The highest BCUT2D eigenvalue weighted by atomic mass is 35.5. The molecule has 3 N–H and O–H groups in total. The lowest BCUT2D eigenvalue weighted by Crippen LogP contribution is -2.34. The van der Waals surface area contributed by atoms with Crippen LogP contribution in [-0.2, 0) is 4.79 Å². The van der Waals surface area contributed by atoms with Gasteiger partial charge < -0.3 is 11.1 Å². The Balaban J connectivity index is 0.00000288. The van der Waals surface area contributed by atoms with Crippen molar-refractivity contribution in [3.05, 3.63) is 71.3 Å². The molecule has 0 fully saturated rings. The highest BCUT2D eigenvalue weighted by Crippen LogP contribution is 2.25. The maximum absolute atomic E-state index is 12.4. The molecule has 0 bridgehead atoms. The summed E-state index contributed by atoms with van der Waals surface area (Å²) in [5.41, 5.74) is 9.51. The van der Waals surface area contributed by atoms with E-state index in [1.165, 1.54) is 11.1 Å². The summed E-state index contributed by atoms with van der Waals surface area (Å²) < 4.78 is 0. The predicted molar refractivity (Wildman–Crippen MR) is 102 cm³/mol. The first kappa shape index (κ1) is 20.2. The third-order valence-corrected chi connectivity index (χ3v) is 4.14. The van der Waals surface area contributed by atoms with Crippen LogP contribution in [0.5, 0.6) is 0 Å². The van der Waals surface area contributed by atoms with Crippen LogP contribution in [0.4, 0.5) is 0 Å². The van der Waals surface area contributed by atoms with Gasteiger partial charge in [-0.25, -0.2) is 0 Å². The summed E-state index contributed by atoms with van der Waals surface area (Å²) in [6.45, 7) is 6.32. The Hall–Kier alpha value is -1.84. The van der Waals surface area contributed by atoms with Gasteiger partial charge in [0, 0.05) is 12.5 Å². The van der Waals surface area contributed by atoms with E-state index >= 15 is 0 Å². The molecule has 2 unspecified atom stereocenters. The van der Waals surface area contributed by atoms with Crippen molar-refractivity contribution in [1.82, 2.24) is 5.32 Å². The van der Waals surface area contributed by atoms with E-state index in [-0.39, 0.29) is 30.4 Å². The van der Waals surface area contributed by atoms with E-state index in [2.05, 4.69) is 38.2 Å². The van der Waals surface area contributed by atoms with Crippen molar-refractivity contribution in [3.63, 3.8) is 0 Å². The molecule has 0 saturated carbocycles. The molecule has 1 amide bonds. The van der Waals surface area contributed by atoms with Crippen molar-refractivity contribution in [2.75, 3.05) is 0 Å². The first-order chi connectivity index (χ1) is 11.0. The normalized spacial score (nSPS) is 13.0. The van der Waals surface area contributed by atoms with Crippen molar-refractivity contribution in [1.29, 1.82) is 0 Å². The van der Waals surface area contributed by atoms with Crippen molar-refractivity contribution in [3.8, 4) is 0 Å². The molecule has 0 spiro atoms. The van der Waals surface area contributed by atoms with Crippen molar-refractivity contribution < 1.29 is 4.79 Å². The van der Waals surface area contributed by atoms with E-state index in [9.17, 15) is 4.79 Å². The van der Waals surface area contributed by atoms with Gasteiger partial charge in [-0.1, -0.05) is 68.4 Å². The molecule has 0 aliphatic rings. The molecule has 2 rings (SSSR count). The predicted octanol–water partition coefficient (Wildman–Crippen LogP) is 4.32. The third-order valence-electron chi connectivity index (χ3n) is 4.14. The van der Waals surface area contributed by atoms with Crippen LogP contribution in [0, 0.1) is 12.8 Å². The third kappa shape index (κ3) is 5.36. The number of hydrogen-bond acceptors (Lipinski definition) is 2. The number of nitrogens with one attached hydrogen (secondary N) is 1. The fourth-order valence-electron chi connectivity index (χ4n) is 2.79. The number of benzene rings is 2. The molecule has 0 saturated heterocycles. The summed E-state index contributed by atoms with van der Waals surface area (Å²) in [4.78, 5) is 12.4. The highest BCUT2D eigenvalue weighted by Gasteiger charge is 2.21. The maximum atomic E-state index is 12.4. The van der Waals surface area contributed by atoms with Crippen LogP contribution in [0.2, 0.25) is 0 Å². The van der Waals surface area contributed by atoms with Crippen molar-refractivity contribution in [2.45, 2.75) is 39.3 Å². The zero-order chi connectivity index (χ0) is 16.8. The smallest absolute Gasteiger partial charge is 0.222 e. The van der Waals surface area contributed by atoms with E-state index in [1.807, 2.05) is 42.5 Å². The Kier molecular flexibility index (Phi) is 7.96. The number of carbonyl (C=O) groups is 1. The first-order valence-electron chi connectivity index (χ1n) is 8.14. The van der Waals surface area contributed by atoms with Crippen LogP contribution in [0.15, 0.2) is 54.6 Å². The summed E-state index contributed by atoms with van der Waals surface area (Å²) in [6.07, 6.45) is 0.291. The quantitative estimate of drug-likeness (QED) is 0.818. The lowest BCUT2D eigenvalue weighted by atomic mass is 9.92. The van der Waals surface area contributed by atoms with Gasteiger partial charge >= 0.3 is 0 Å². The van der Waals surface area contributed by atoms with Crippen LogP contribution < -0.4 is 11.1 Å². The van der Waals surface area contributed by atoms with E-state index in [1.54, 1.807) is 0 Å². The molecule has 0 radical (unpaired) electrons. The Bertz CT molecular complexity index is 643. The Labute approximate surface area is 151 Å². The lowest BCUT2D eigenvalue weighted by molar-refractivity contribution is -0.122. The summed E-state index contributed by atoms with van der Waals surface area (Å²) >= 11 is 0. The highest BCUT2D eigenvalue weighted by molar-refractivity contribution is 5.85. The molecule has 2 atom stereocenters. The van der Waals surface area contributed by atoms with Gasteiger partial charge in [-0.15, -0.1) is 12.4 Å². The van der Waals surface area contributed by atoms with E-state index in [4.69, 9.17) is 5.73 Å². The minimum atomic E-state index is -0.277. The number of amides is 1. The topological polar surface area (TPSA) is 55.1 Å². The molecule has 4 heteroatoms. The average molecular weight is 347 g/mol. The van der Waals surface area contributed by atoms with Gasteiger partial charge in [0.1, 0.15) is 0 Å². The fourth-order valence-corrected chi connectivity index (χ4v) is 2.79. The van der Waals surface area contributed by atoms with Gasteiger partial charge in [-0.2, -0.15) is 0 Å². The van der Waals surface area contributed by atoms with Crippen molar-refractivity contribution >= 4 is 18.3 Å². The van der Waals surface area contributed by atoms with Gasteiger partial charge in [0.15, 0.2) is 0 Å². The number of hydrogen-bond donors (Lipinski definition) is 2. The second-order valence-corrected chi connectivity index (χ2v) is 6.37. The second-order valence-electron chi connectivity index (χ2n) is 6.37. The molecule has 0 aliphatic carbocycles. The van der Waals surface area contributed by atoms with Crippen LogP contribution in [0.25, 0.3) is 0 Å². The number of carbonyl (C=O) groups excluding carboxylic acids is 1. The number of aryl methyl sites for hydroxylation is 1. The monoisotopic (exact) mass is 346 g/mol. The zero-order valence-electron chi connectivity index (χ0n) is 14.5.